The highest BCUT2D eigenvalue weighted by molar-refractivity contribution is 5.11. The zero-order chi connectivity index (χ0) is 8.43. The van der Waals surface area contributed by atoms with Crippen molar-refractivity contribution in [3.63, 3.8) is 0 Å². The third-order valence-corrected chi connectivity index (χ3v) is 1.35. The van der Waals surface area contributed by atoms with Crippen LogP contribution in [-0.2, 0) is 0 Å². The van der Waals surface area contributed by atoms with Gasteiger partial charge in [0.25, 0.3) is 0 Å². The van der Waals surface area contributed by atoms with Crippen molar-refractivity contribution in [1.82, 2.24) is 4.98 Å². The van der Waals surface area contributed by atoms with Crippen LogP contribution in [0, 0.1) is 19.1 Å². The van der Waals surface area contributed by atoms with Crippen LogP contribution in [0.3, 0.4) is 0 Å². The maximum absolute atomic E-state index is 11.0. The Hall–Kier alpha value is -1.32. The Kier molecular flexibility index (Phi) is 1.94. The number of aromatic nitrogens is 2. The molecule has 0 aromatic carbocycles. The SMILES string of the molecule is COc1c(C)nc(C)c[n+]1[O-]. The van der Waals surface area contributed by atoms with E-state index in [1.165, 1.54) is 13.3 Å². The van der Waals surface area contributed by atoms with Crippen LogP contribution in [0.1, 0.15) is 11.4 Å². The summed E-state index contributed by atoms with van der Waals surface area (Å²) in [6.07, 6.45) is 1.38. The Morgan fingerprint density at radius 2 is 2.18 bits per heavy atom. The summed E-state index contributed by atoms with van der Waals surface area (Å²) in [6, 6.07) is 0. The summed E-state index contributed by atoms with van der Waals surface area (Å²) in [6.45, 7) is 3.50. The molecule has 0 radical (unpaired) electrons. The lowest BCUT2D eigenvalue weighted by atomic mass is 10.4. The van der Waals surface area contributed by atoms with Gasteiger partial charge in [0.05, 0.1) is 7.11 Å². The Morgan fingerprint density at radius 1 is 1.55 bits per heavy atom. The Bertz CT molecular complexity index is 250. The number of hydrogen-bond acceptors (Lipinski definition) is 3. The first-order valence-electron chi connectivity index (χ1n) is 3.26. The molecule has 0 fully saturated rings. The molecule has 0 spiro atoms. The van der Waals surface area contributed by atoms with Gasteiger partial charge in [-0.15, -0.1) is 4.73 Å². The Labute approximate surface area is 65.0 Å². The van der Waals surface area contributed by atoms with Crippen molar-refractivity contribution in [2.24, 2.45) is 0 Å². The zero-order valence-corrected chi connectivity index (χ0v) is 6.79. The summed E-state index contributed by atoms with van der Waals surface area (Å²) in [5, 5.41) is 11.0. The van der Waals surface area contributed by atoms with Gasteiger partial charge in [0.2, 0.25) is 6.20 Å². The van der Waals surface area contributed by atoms with Gasteiger partial charge in [0, 0.05) is 0 Å². The molecular formula is C7H10N2O2. The number of ether oxygens (including phenoxy) is 1. The van der Waals surface area contributed by atoms with E-state index in [-0.39, 0.29) is 5.88 Å². The molecule has 1 rings (SSSR count). The molecule has 0 saturated carbocycles. The number of aryl methyl sites for hydroxylation is 2. The van der Waals surface area contributed by atoms with E-state index in [0.29, 0.717) is 16.1 Å². The molecule has 0 atom stereocenters. The van der Waals surface area contributed by atoms with Crippen LogP contribution in [0.2, 0.25) is 0 Å². The van der Waals surface area contributed by atoms with Crippen molar-refractivity contribution >= 4 is 0 Å². The van der Waals surface area contributed by atoms with Gasteiger partial charge in [-0.1, -0.05) is 0 Å². The molecule has 0 amide bonds. The van der Waals surface area contributed by atoms with E-state index in [0.717, 1.165) is 0 Å². The fraction of sp³-hybridized carbons (Fsp3) is 0.429. The van der Waals surface area contributed by atoms with Gasteiger partial charge in [-0.05, 0) is 13.8 Å². The molecule has 0 saturated heterocycles. The van der Waals surface area contributed by atoms with Crippen LogP contribution in [0.4, 0.5) is 0 Å². The van der Waals surface area contributed by atoms with E-state index in [1.54, 1.807) is 13.8 Å². The lowest BCUT2D eigenvalue weighted by Gasteiger charge is -2.04. The molecule has 0 bridgehead atoms. The van der Waals surface area contributed by atoms with Crippen LogP contribution >= 0.6 is 0 Å². The summed E-state index contributed by atoms with van der Waals surface area (Å²) in [4.78, 5) is 4.06. The lowest BCUT2D eigenvalue weighted by molar-refractivity contribution is -0.613. The minimum Gasteiger partial charge on any atom is -0.616 e. The van der Waals surface area contributed by atoms with Crippen molar-refractivity contribution in [3.05, 3.63) is 22.8 Å². The average molecular weight is 154 g/mol. The van der Waals surface area contributed by atoms with Gasteiger partial charge >= 0.3 is 5.88 Å². The number of rotatable bonds is 1. The highest BCUT2D eigenvalue weighted by Crippen LogP contribution is 2.07. The second-order valence-electron chi connectivity index (χ2n) is 2.30. The molecule has 60 valence electrons. The Balaban J connectivity index is 3.25. The molecule has 11 heavy (non-hydrogen) atoms. The highest BCUT2D eigenvalue weighted by Gasteiger charge is 2.10. The minimum absolute atomic E-state index is 0.260. The summed E-state index contributed by atoms with van der Waals surface area (Å²) in [5.41, 5.74) is 1.31. The molecule has 0 aliphatic carbocycles. The molecule has 0 unspecified atom stereocenters. The van der Waals surface area contributed by atoms with Crippen LogP contribution in [0.15, 0.2) is 6.20 Å². The van der Waals surface area contributed by atoms with E-state index in [9.17, 15) is 5.21 Å². The zero-order valence-electron chi connectivity index (χ0n) is 6.79. The van der Waals surface area contributed by atoms with Crippen molar-refractivity contribution < 1.29 is 9.47 Å². The monoisotopic (exact) mass is 154 g/mol. The molecule has 0 aliphatic rings. The first kappa shape index (κ1) is 7.78. The fourth-order valence-corrected chi connectivity index (χ4v) is 0.967. The van der Waals surface area contributed by atoms with E-state index in [1.807, 2.05) is 0 Å². The van der Waals surface area contributed by atoms with Crippen molar-refractivity contribution in [1.29, 1.82) is 0 Å². The predicted molar refractivity (Wildman–Crippen MR) is 39.2 cm³/mol. The van der Waals surface area contributed by atoms with E-state index in [4.69, 9.17) is 4.74 Å². The molecule has 4 nitrogen and oxygen atoms in total. The topological polar surface area (TPSA) is 49.1 Å². The van der Waals surface area contributed by atoms with Crippen molar-refractivity contribution in [3.8, 4) is 5.88 Å². The number of nitrogens with zero attached hydrogens (tertiary/aromatic N) is 2. The normalized spacial score (nSPS) is 9.73. The number of methoxy groups -OCH3 is 1. The van der Waals surface area contributed by atoms with Gasteiger partial charge in [-0.3, -0.25) is 0 Å². The standard InChI is InChI=1S/C7H10N2O2/c1-5-4-9(10)7(11-3)6(2)8-5/h4H,1-3H3. The number of hydrogen-bond donors (Lipinski definition) is 0. The maximum Gasteiger partial charge on any atom is 0.401 e. The quantitative estimate of drug-likeness (QED) is 0.433. The molecular weight excluding hydrogens is 144 g/mol. The smallest absolute Gasteiger partial charge is 0.401 e. The van der Waals surface area contributed by atoms with Gasteiger partial charge in [-0.2, -0.15) is 0 Å². The third kappa shape index (κ3) is 1.39. The summed E-state index contributed by atoms with van der Waals surface area (Å²) >= 11 is 0. The Morgan fingerprint density at radius 3 is 2.64 bits per heavy atom. The summed E-state index contributed by atoms with van der Waals surface area (Å²) in [7, 11) is 1.45. The van der Waals surface area contributed by atoms with Gasteiger partial charge in [0.15, 0.2) is 5.69 Å². The van der Waals surface area contributed by atoms with Crippen LogP contribution < -0.4 is 9.47 Å². The molecule has 1 heterocycles. The molecule has 4 heteroatoms. The third-order valence-electron chi connectivity index (χ3n) is 1.35. The first-order chi connectivity index (χ1) is 5.15. The van der Waals surface area contributed by atoms with Crippen molar-refractivity contribution in [2.45, 2.75) is 13.8 Å². The van der Waals surface area contributed by atoms with Gasteiger partial charge < -0.3 is 9.94 Å². The predicted octanol–water partition coefficient (Wildman–Crippen LogP) is 0.340. The van der Waals surface area contributed by atoms with E-state index in [2.05, 4.69) is 4.98 Å². The van der Waals surface area contributed by atoms with E-state index >= 15 is 0 Å². The lowest BCUT2D eigenvalue weighted by Crippen LogP contribution is -2.30. The van der Waals surface area contributed by atoms with Crippen molar-refractivity contribution in [2.75, 3.05) is 7.11 Å². The van der Waals surface area contributed by atoms with Crippen LogP contribution in [0.25, 0.3) is 0 Å². The van der Waals surface area contributed by atoms with E-state index < -0.39 is 0 Å². The molecule has 1 aromatic rings. The minimum atomic E-state index is 0.260. The average Bonchev–Trinajstić information content (AvgIpc) is 1.85. The van der Waals surface area contributed by atoms with Gasteiger partial charge in [-0.25, -0.2) is 4.98 Å². The molecule has 0 N–H and O–H groups in total. The van der Waals surface area contributed by atoms with Gasteiger partial charge in [0.1, 0.15) is 5.69 Å². The largest absolute Gasteiger partial charge is 0.616 e. The summed E-state index contributed by atoms with van der Waals surface area (Å²) in [5.74, 6) is 0.260. The van der Waals surface area contributed by atoms with Crippen LogP contribution in [0.5, 0.6) is 5.88 Å². The second-order valence-corrected chi connectivity index (χ2v) is 2.30. The molecule has 0 aliphatic heterocycles. The molecule has 1 aromatic heterocycles. The summed E-state index contributed by atoms with van der Waals surface area (Å²) < 4.78 is 5.50. The fourth-order valence-electron chi connectivity index (χ4n) is 0.967. The highest BCUT2D eigenvalue weighted by atomic mass is 16.5. The maximum atomic E-state index is 11.0. The van der Waals surface area contributed by atoms with Crippen LogP contribution in [-0.4, -0.2) is 12.1 Å². The first-order valence-corrected chi connectivity index (χ1v) is 3.26. The second kappa shape index (κ2) is 2.74.